The van der Waals surface area contributed by atoms with Gasteiger partial charge in [0.05, 0.1) is 0 Å². The Morgan fingerprint density at radius 3 is 2.25 bits per heavy atom. The maximum Gasteiger partial charge on any atom is 0.220 e. The third-order valence-corrected chi connectivity index (χ3v) is 4.29. The van der Waals surface area contributed by atoms with E-state index in [0.29, 0.717) is 5.92 Å². The molecule has 0 saturated carbocycles. The number of amides is 1. The second-order valence-electron chi connectivity index (χ2n) is 6.22. The van der Waals surface area contributed by atoms with Crippen LogP contribution in [0.1, 0.15) is 77.6 Å². The number of nitrogens with one attached hydrogen (secondary N) is 2. The molecule has 1 amide bonds. The van der Waals surface area contributed by atoms with Crippen molar-refractivity contribution in [1.82, 2.24) is 10.6 Å². The van der Waals surface area contributed by atoms with Crippen LogP contribution in [0.4, 0.5) is 0 Å². The van der Waals surface area contributed by atoms with Crippen molar-refractivity contribution in [3.05, 3.63) is 0 Å². The van der Waals surface area contributed by atoms with Gasteiger partial charge in [-0.05, 0) is 38.3 Å². The van der Waals surface area contributed by atoms with Crippen LogP contribution < -0.4 is 10.6 Å². The zero-order valence-corrected chi connectivity index (χ0v) is 13.4. The first-order valence-electron chi connectivity index (χ1n) is 8.80. The molecular weight excluding hydrogens is 248 g/mol. The first-order valence-corrected chi connectivity index (χ1v) is 8.80. The monoisotopic (exact) mass is 282 g/mol. The number of hydrogen-bond donors (Lipinski definition) is 2. The van der Waals surface area contributed by atoms with Gasteiger partial charge in [0.2, 0.25) is 5.91 Å². The van der Waals surface area contributed by atoms with Crippen LogP contribution in [0.25, 0.3) is 0 Å². The van der Waals surface area contributed by atoms with Crippen LogP contribution in [0.2, 0.25) is 0 Å². The van der Waals surface area contributed by atoms with Gasteiger partial charge >= 0.3 is 0 Å². The van der Waals surface area contributed by atoms with E-state index in [-0.39, 0.29) is 5.91 Å². The lowest BCUT2D eigenvalue weighted by Gasteiger charge is -2.21. The number of carbonyl (C=O) groups excluding carboxylic acids is 1. The first kappa shape index (κ1) is 17.5. The predicted octanol–water partition coefficient (Wildman–Crippen LogP) is 3.63. The fraction of sp³-hybridized carbons (Fsp3) is 0.941. The molecule has 0 atom stereocenters. The Hall–Kier alpha value is -0.570. The summed E-state index contributed by atoms with van der Waals surface area (Å²) in [6.45, 7) is 5.29. The van der Waals surface area contributed by atoms with Gasteiger partial charge in [0.15, 0.2) is 0 Å². The molecule has 0 unspecified atom stereocenters. The second-order valence-corrected chi connectivity index (χ2v) is 6.22. The fourth-order valence-electron chi connectivity index (χ4n) is 2.91. The van der Waals surface area contributed by atoms with Gasteiger partial charge in [0.1, 0.15) is 0 Å². The summed E-state index contributed by atoms with van der Waals surface area (Å²) in [6.07, 6.45) is 13.6. The van der Waals surface area contributed by atoms with Gasteiger partial charge in [-0.15, -0.1) is 0 Å². The van der Waals surface area contributed by atoms with Gasteiger partial charge in [-0.3, -0.25) is 4.79 Å². The number of rotatable bonds is 11. The molecule has 0 bridgehead atoms. The van der Waals surface area contributed by atoms with Gasteiger partial charge in [-0.1, -0.05) is 51.9 Å². The molecule has 0 radical (unpaired) electrons. The molecule has 1 heterocycles. The van der Waals surface area contributed by atoms with Crippen LogP contribution in [0.5, 0.6) is 0 Å². The van der Waals surface area contributed by atoms with Crippen LogP contribution in [-0.4, -0.2) is 25.5 Å². The first-order chi connectivity index (χ1) is 9.83. The summed E-state index contributed by atoms with van der Waals surface area (Å²) in [5, 5.41) is 6.42. The highest BCUT2D eigenvalue weighted by Crippen LogP contribution is 2.15. The maximum absolute atomic E-state index is 11.8. The predicted molar refractivity (Wildman–Crippen MR) is 85.8 cm³/mol. The van der Waals surface area contributed by atoms with Crippen molar-refractivity contribution in [2.24, 2.45) is 5.92 Å². The van der Waals surface area contributed by atoms with Crippen LogP contribution in [0, 0.1) is 5.92 Å². The molecule has 0 spiro atoms. The normalized spacial score (nSPS) is 16.2. The summed E-state index contributed by atoms with van der Waals surface area (Å²) in [6, 6.07) is 0. The Labute approximate surface area is 125 Å². The summed E-state index contributed by atoms with van der Waals surface area (Å²) in [5.41, 5.74) is 0. The van der Waals surface area contributed by atoms with E-state index in [0.717, 1.165) is 45.3 Å². The molecule has 1 aliphatic rings. The third kappa shape index (κ3) is 9.35. The Balaban J connectivity index is 1.84. The lowest BCUT2D eigenvalue weighted by molar-refractivity contribution is -0.122. The molecule has 0 aromatic rings. The van der Waals surface area contributed by atoms with Gasteiger partial charge in [-0.2, -0.15) is 0 Å². The Morgan fingerprint density at radius 2 is 1.60 bits per heavy atom. The summed E-state index contributed by atoms with van der Waals surface area (Å²) >= 11 is 0. The topological polar surface area (TPSA) is 41.1 Å². The lowest BCUT2D eigenvalue weighted by Crippen LogP contribution is -2.32. The maximum atomic E-state index is 11.8. The van der Waals surface area contributed by atoms with Crippen molar-refractivity contribution >= 4 is 5.91 Å². The molecule has 3 nitrogen and oxygen atoms in total. The molecule has 0 aromatic heterocycles. The van der Waals surface area contributed by atoms with Gasteiger partial charge < -0.3 is 10.6 Å². The summed E-state index contributed by atoms with van der Waals surface area (Å²) in [4.78, 5) is 11.8. The standard InChI is InChI=1S/C17H34N2O/c1-2-3-4-5-6-7-8-9-12-19-17(20)15-16-10-13-18-14-11-16/h16,18H,2-15H2,1H3,(H,19,20). The second kappa shape index (κ2) is 12.2. The summed E-state index contributed by atoms with van der Waals surface area (Å²) in [5.74, 6) is 0.870. The molecule has 3 heteroatoms. The Kier molecular flexibility index (Phi) is 10.7. The van der Waals surface area contributed by atoms with E-state index >= 15 is 0 Å². The van der Waals surface area contributed by atoms with E-state index in [1.165, 1.54) is 44.9 Å². The zero-order valence-electron chi connectivity index (χ0n) is 13.4. The molecule has 1 saturated heterocycles. The van der Waals surface area contributed by atoms with E-state index in [1.54, 1.807) is 0 Å². The number of hydrogen-bond acceptors (Lipinski definition) is 2. The molecule has 2 N–H and O–H groups in total. The molecular formula is C17H34N2O. The van der Waals surface area contributed by atoms with Crippen molar-refractivity contribution in [2.75, 3.05) is 19.6 Å². The van der Waals surface area contributed by atoms with Crippen molar-refractivity contribution in [2.45, 2.75) is 77.6 Å². The Bertz CT molecular complexity index is 237. The average molecular weight is 282 g/mol. The van der Waals surface area contributed by atoms with E-state index in [4.69, 9.17) is 0 Å². The highest BCUT2D eigenvalue weighted by Gasteiger charge is 2.16. The quantitative estimate of drug-likeness (QED) is 0.568. The smallest absolute Gasteiger partial charge is 0.220 e. The number of piperidine rings is 1. The highest BCUT2D eigenvalue weighted by atomic mass is 16.1. The van der Waals surface area contributed by atoms with Crippen molar-refractivity contribution < 1.29 is 4.79 Å². The fourth-order valence-corrected chi connectivity index (χ4v) is 2.91. The van der Waals surface area contributed by atoms with E-state index < -0.39 is 0 Å². The van der Waals surface area contributed by atoms with Gasteiger partial charge in [0, 0.05) is 13.0 Å². The zero-order chi connectivity index (χ0) is 14.5. The lowest BCUT2D eigenvalue weighted by atomic mass is 9.94. The average Bonchev–Trinajstić information content (AvgIpc) is 2.46. The summed E-state index contributed by atoms with van der Waals surface area (Å²) in [7, 11) is 0. The van der Waals surface area contributed by atoms with Crippen molar-refractivity contribution in [1.29, 1.82) is 0 Å². The van der Waals surface area contributed by atoms with E-state index in [9.17, 15) is 4.79 Å². The van der Waals surface area contributed by atoms with Gasteiger partial charge in [-0.25, -0.2) is 0 Å². The highest BCUT2D eigenvalue weighted by molar-refractivity contribution is 5.76. The van der Waals surface area contributed by atoms with Crippen molar-refractivity contribution in [3.63, 3.8) is 0 Å². The minimum atomic E-state index is 0.264. The van der Waals surface area contributed by atoms with Crippen LogP contribution in [0.15, 0.2) is 0 Å². The SMILES string of the molecule is CCCCCCCCCCNC(=O)CC1CCNCC1. The number of carbonyl (C=O) groups is 1. The molecule has 1 fully saturated rings. The third-order valence-electron chi connectivity index (χ3n) is 4.29. The largest absolute Gasteiger partial charge is 0.356 e. The van der Waals surface area contributed by atoms with Crippen LogP contribution in [0.3, 0.4) is 0 Å². The molecule has 1 rings (SSSR count). The van der Waals surface area contributed by atoms with E-state index in [2.05, 4.69) is 17.6 Å². The van der Waals surface area contributed by atoms with Gasteiger partial charge in [0.25, 0.3) is 0 Å². The van der Waals surface area contributed by atoms with E-state index in [1.807, 2.05) is 0 Å². The minimum Gasteiger partial charge on any atom is -0.356 e. The minimum absolute atomic E-state index is 0.264. The summed E-state index contributed by atoms with van der Waals surface area (Å²) < 4.78 is 0. The molecule has 0 aliphatic carbocycles. The van der Waals surface area contributed by atoms with Crippen LogP contribution in [-0.2, 0) is 4.79 Å². The molecule has 20 heavy (non-hydrogen) atoms. The number of unbranched alkanes of at least 4 members (excludes halogenated alkanes) is 7. The molecule has 0 aromatic carbocycles. The molecule has 118 valence electrons. The van der Waals surface area contributed by atoms with Crippen molar-refractivity contribution in [3.8, 4) is 0 Å². The van der Waals surface area contributed by atoms with Crippen LogP contribution >= 0.6 is 0 Å². The Morgan fingerprint density at radius 1 is 1.00 bits per heavy atom. The molecule has 1 aliphatic heterocycles.